The lowest BCUT2D eigenvalue weighted by molar-refractivity contribution is -0.108. The molecule has 0 aromatic heterocycles. The largest absolute Gasteiger partial charge is 0.391 e. The molecule has 0 radical (unpaired) electrons. The SMILES string of the molecule is CC(O)COC(C)C(N)(N)O. The van der Waals surface area contributed by atoms with Gasteiger partial charge in [-0.2, -0.15) is 0 Å². The van der Waals surface area contributed by atoms with Crippen LogP contribution in [0.15, 0.2) is 0 Å². The highest BCUT2D eigenvalue weighted by atomic mass is 16.5. The van der Waals surface area contributed by atoms with E-state index >= 15 is 0 Å². The zero-order chi connectivity index (χ0) is 9.07. The summed E-state index contributed by atoms with van der Waals surface area (Å²) in [6.45, 7) is 3.21. The van der Waals surface area contributed by atoms with Crippen LogP contribution in [0.5, 0.6) is 0 Å². The fraction of sp³-hybridized carbons (Fsp3) is 1.00. The maximum Gasteiger partial charge on any atom is 0.193 e. The monoisotopic (exact) mass is 164 g/mol. The molecule has 6 N–H and O–H groups in total. The van der Waals surface area contributed by atoms with Crippen molar-refractivity contribution >= 4 is 0 Å². The molecule has 0 saturated carbocycles. The zero-order valence-corrected chi connectivity index (χ0v) is 6.82. The first kappa shape index (κ1) is 10.8. The molecule has 0 amide bonds. The van der Waals surface area contributed by atoms with Crippen molar-refractivity contribution in [1.82, 2.24) is 0 Å². The van der Waals surface area contributed by atoms with Gasteiger partial charge in [-0.15, -0.1) is 0 Å². The molecule has 68 valence electrons. The van der Waals surface area contributed by atoms with Gasteiger partial charge in [0.15, 0.2) is 5.85 Å². The highest BCUT2D eigenvalue weighted by molar-refractivity contribution is 4.70. The minimum absolute atomic E-state index is 0.109. The number of rotatable bonds is 4. The lowest BCUT2D eigenvalue weighted by atomic mass is 10.3. The molecule has 0 rings (SSSR count). The second-order valence-corrected chi connectivity index (χ2v) is 2.71. The molecular weight excluding hydrogens is 148 g/mol. The first-order valence-corrected chi connectivity index (χ1v) is 3.44. The third-order valence-electron chi connectivity index (χ3n) is 1.24. The predicted octanol–water partition coefficient (Wildman–Crippen LogP) is -1.66. The van der Waals surface area contributed by atoms with E-state index < -0.39 is 18.1 Å². The van der Waals surface area contributed by atoms with Gasteiger partial charge in [0.1, 0.15) is 6.10 Å². The Balaban J connectivity index is 3.61. The number of aliphatic hydroxyl groups is 2. The second-order valence-electron chi connectivity index (χ2n) is 2.71. The topological polar surface area (TPSA) is 102 Å². The van der Waals surface area contributed by atoms with Gasteiger partial charge < -0.3 is 14.9 Å². The first-order valence-electron chi connectivity index (χ1n) is 3.44. The van der Waals surface area contributed by atoms with Crippen LogP contribution < -0.4 is 11.5 Å². The van der Waals surface area contributed by atoms with Crippen molar-refractivity contribution < 1.29 is 14.9 Å². The molecule has 0 spiro atoms. The van der Waals surface area contributed by atoms with E-state index in [0.717, 1.165) is 0 Å². The normalized spacial score (nSPS) is 18.0. The van der Waals surface area contributed by atoms with Gasteiger partial charge in [0, 0.05) is 0 Å². The average Bonchev–Trinajstić information content (AvgIpc) is 1.80. The summed E-state index contributed by atoms with van der Waals surface area (Å²) in [6, 6.07) is 0. The first-order chi connectivity index (χ1) is 4.84. The van der Waals surface area contributed by atoms with E-state index in [2.05, 4.69) is 0 Å². The summed E-state index contributed by atoms with van der Waals surface area (Å²) in [7, 11) is 0. The highest BCUT2D eigenvalue weighted by Gasteiger charge is 2.24. The molecule has 0 aromatic rings. The van der Waals surface area contributed by atoms with Crippen LogP contribution in [0.25, 0.3) is 0 Å². The molecule has 2 atom stereocenters. The number of hydrogen-bond acceptors (Lipinski definition) is 5. The maximum atomic E-state index is 8.95. The maximum absolute atomic E-state index is 8.95. The van der Waals surface area contributed by atoms with Crippen molar-refractivity contribution in [3.8, 4) is 0 Å². The molecule has 5 heteroatoms. The van der Waals surface area contributed by atoms with Crippen molar-refractivity contribution in [3.05, 3.63) is 0 Å². The summed E-state index contributed by atoms with van der Waals surface area (Å²) < 4.78 is 4.92. The Morgan fingerprint density at radius 3 is 2.18 bits per heavy atom. The minimum atomic E-state index is -1.84. The van der Waals surface area contributed by atoms with Gasteiger partial charge in [-0.1, -0.05) is 0 Å². The van der Waals surface area contributed by atoms with Crippen LogP contribution in [0.3, 0.4) is 0 Å². The fourth-order valence-electron chi connectivity index (χ4n) is 0.417. The molecular formula is C6H16N2O3. The molecule has 11 heavy (non-hydrogen) atoms. The van der Waals surface area contributed by atoms with Crippen molar-refractivity contribution in [2.45, 2.75) is 31.9 Å². The molecule has 0 aromatic carbocycles. The minimum Gasteiger partial charge on any atom is -0.391 e. The van der Waals surface area contributed by atoms with Gasteiger partial charge in [0.25, 0.3) is 0 Å². The molecule has 2 unspecified atom stereocenters. The lowest BCUT2D eigenvalue weighted by Gasteiger charge is -2.25. The molecule has 0 aliphatic carbocycles. The van der Waals surface area contributed by atoms with Crippen LogP contribution in [0.1, 0.15) is 13.8 Å². The predicted molar refractivity (Wildman–Crippen MR) is 40.4 cm³/mol. The average molecular weight is 164 g/mol. The van der Waals surface area contributed by atoms with Crippen molar-refractivity contribution in [2.24, 2.45) is 11.5 Å². The Morgan fingerprint density at radius 1 is 1.45 bits per heavy atom. The second kappa shape index (κ2) is 3.99. The molecule has 0 aliphatic heterocycles. The van der Waals surface area contributed by atoms with Crippen LogP contribution in [0.4, 0.5) is 0 Å². The summed E-state index contributed by atoms with van der Waals surface area (Å²) in [5.41, 5.74) is 10.2. The number of aliphatic hydroxyl groups excluding tert-OH is 1. The van der Waals surface area contributed by atoms with Gasteiger partial charge >= 0.3 is 0 Å². The van der Waals surface area contributed by atoms with Crippen LogP contribution in [-0.4, -0.2) is 34.9 Å². The highest BCUT2D eigenvalue weighted by Crippen LogP contribution is 2.00. The number of nitrogens with two attached hydrogens (primary N) is 2. The summed E-state index contributed by atoms with van der Waals surface area (Å²) in [5.74, 6) is -1.84. The Labute approximate surface area is 65.9 Å². The van der Waals surface area contributed by atoms with Gasteiger partial charge in [-0.25, -0.2) is 0 Å². The smallest absolute Gasteiger partial charge is 0.193 e. The van der Waals surface area contributed by atoms with E-state index in [1.807, 2.05) is 0 Å². The molecule has 0 aliphatic rings. The quantitative estimate of drug-likeness (QED) is 0.372. The van der Waals surface area contributed by atoms with Crippen LogP contribution in [-0.2, 0) is 4.74 Å². The third kappa shape index (κ3) is 5.11. The van der Waals surface area contributed by atoms with E-state index in [0.29, 0.717) is 0 Å². The Morgan fingerprint density at radius 2 is 1.91 bits per heavy atom. The van der Waals surface area contributed by atoms with Gasteiger partial charge in [-0.3, -0.25) is 11.5 Å². The van der Waals surface area contributed by atoms with Crippen molar-refractivity contribution in [3.63, 3.8) is 0 Å². The van der Waals surface area contributed by atoms with Crippen LogP contribution in [0.2, 0.25) is 0 Å². The molecule has 0 fully saturated rings. The number of ether oxygens (including phenoxy) is 1. The van der Waals surface area contributed by atoms with Gasteiger partial charge in [-0.05, 0) is 13.8 Å². The standard InChI is InChI=1S/C6H16N2O3/c1-4(9)3-11-5(2)6(7,8)10/h4-5,9-10H,3,7-8H2,1-2H3. The molecule has 0 bridgehead atoms. The molecule has 5 nitrogen and oxygen atoms in total. The summed E-state index contributed by atoms with van der Waals surface area (Å²) in [5, 5.41) is 17.7. The van der Waals surface area contributed by atoms with Crippen LogP contribution >= 0.6 is 0 Å². The fourth-order valence-corrected chi connectivity index (χ4v) is 0.417. The van der Waals surface area contributed by atoms with Gasteiger partial charge in [0.2, 0.25) is 0 Å². The van der Waals surface area contributed by atoms with Crippen LogP contribution in [0, 0.1) is 0 Å². The summed E-state index contributed by atoms with van der Waals surface area (Å²) in [4.78, 5) is 0. The summed E-state index contributed by atoms with van der Waals surface area (Å²) >= 11 is 0. The Bertz CT molecular complexity index is 111. The number of hydrogen-bond donors (Lipinski definition) is 4. The van der Waals surface area contributed by atoms with Gasteiger partial charge in [0.05, 0.1) is 12.7 Å². The van der Waals surface area contributed by atoms with Crippen molar-refractivity contribution in [2.75, 3.05) is 6.61 Å². The van der Waals surface area contributed by atoms with E-state index in [1.165, 1.54) is 6.92 Å². The molecule has 0 heterocycles. The van der Waals surface area contributed by atoms with E-state index in [1.54, 1.807) is 6.92 Å². The van der Waals surface area contributed by atoms with E-state index in [9.17, 15) is 0 Å². The summed E-state index contributed by atoms with van der Waals surface area (Å²) in [6.07, 6.45) is -1.28. The Hall–Kier alpha value is -0.200. The van der Waals surface area contributed by atoms with E-state index in [4.69, 9.17) is 26.4 Å². The third-order valence-corrected chi connectivity index (χ3v) is 1.24. The molecule has 0 saturated heterocycles. The van der Waals surface area contributed by atoms with E-state index in [-0.39, 0.29) is 6.61 Å². The zero-order valence-electron chi connectivity index (χ0n) is 6.82. The van der Waals surface area contributed by atoms with Crippen molar-refractivity contribution in [1.29, 1.82) is 0 Å². The lowest BCUT2D eigenvalue weighted by Crippen LogP contribution is -2.58. The Kier molecular flexibility index (Phi) is 3.91.